The lowest BCUT2D eigenvalue weighted by atomic mass is 9.96. The molecule has 0 N–H and O–H groups in total. The van der Waals surface area contributed by atoms with Gasteiger partial charge in [0, 0.05) is 12.0 Å². The molecule has 0 saturated heterocycles. The van der Waals surface area contributed by atoms with Crippen LogP contribution in [0.2, 0.25) is 0 Å². The Morgan fingerprint density at radius 1 is 0.727 bits per heavy atom. The number of unbranched alkanes of at least 4 members (excludes halogenated alkanes) is 13. The third-order valence-corrected chi connectivity index (χ3v) is 6.64. The molecule has 0 fully saturated rings. The normalized spacial score (nSPS) is 12.0. The minimum absolute atomic E-state index is 0.232. The van der Waals surface area contributed by atoms with Crippen LogP contribution in [0.4, 0.5) is 0 Å². The van der Waals surface area contributed by atoms with Crippen molar-refractivity contribution in [3.63, 3.8) is 0 Å². The molecule has 3 heteroatoms. The molecule has 2 aromatic carbocycles. The smallest absolute Gasteiger partial charge is 0.338 e. The van der Waals surface area contributed by atoms with Gasteiger partial charge in [-0.1, -0.05) is 115 Å². The van der Waals surface area contributed by atoms with E-state index in [2.05, 4.69) is 13.0 Å². The van der Waals surface area contributed by atoms with Crippen molar-refractivity contribution >= 4 is 5.97 Å². The fourth-order valence-electron chi connectivity index (χ4n) is 4.63. The molecule has 0 bridgehead atoms. The number of hydrogen-bond donors (Lipinski definition) is 0. The summed E-state index contributed by atoms with van der Waals surface area (Å²) in [7, 11) is 0. The molecule has 33 heavy (non-hydrogen) atoms. The summed E-state index contributed by atoms with van der Waals surface area (Å²) in [5, 5.41) is 0. The van der Waals surface area contributed by atoms with Gasteiger partial charge in [-0.05, 0) is 30.2 Å². The van der Waals surface area contributed by atoms with Gasteiger partial charge in [-0.25, -0.2) is 4.79 Å². The highest BCUT2D eigenvalue weighted by molar-refractivity contribution is 5.92. The molecule has 0 radical (unpaired) electrons. The molecule has 0 amide bonds. The Hall–Kier alpha value is -2.29. The number of fused-ring (bicyclic) bond motifs is 2. The Kier molecular flexibility index (Phi) is 11.3. The first kappa shape index (κ1) is 25.3. The first-order chi connectivity index (χ1) is 16.3. The Bertz CT molecular complexity index is 842. The molecule has 180 valence electrons. The van der Waals surface area contributed by atoms with E-state index >= 15 is 0 Å². The standard InChI is InChI=1S/C30H42O3/c1-2-3-4-5-6-7-8-9-10-11-12-13-14-17-23-32-30(31)26-20-18-22-29-27(26)24-25-19-15-16-21-28(25)33-29/h15-16,18-22H,2-14,17,23-24H2,1H3. The molecule has 3 nitrogen and oxygen atoms in total. The van der Waals surface area contributed by atoms with Crippen LogP contribution in [-0.4, -0.2) is 12.6 Å². The van der Waals surface area contributed by atoms with Gasteiger partial charge >= 0.3 is 5.97 Å². The van der Waals surface area contributed by atoms with Gasteiger partial charge in [0.05, 0.1) is 12.2 Å². The average Bonchev–Trinajstić information content (AvgIpc) is 2.84. The number of rotatable bonds is 16. The van der Waals surface area contributed by atoms with Gasteiger partial charge in [-0.2, -0.15) is 0 Å². The highest BCUT2D eigenvalue weighted by atomic mass is 16.5. The van der Waals surface area contributed by atoms with Crippen LogP contribution < -0.4 is 4.74 Å². The van der Waals surface area contributed by atoms with E-state index in [1.165, 1.54) is 77.0 Å². The minimum atomic E-state index is -0.232. The van der Waals surface area contributed by atoms with E-state index in [1.807, 2.05) is 36.4 Å². The SMILES string of the molecule is CCCCCCCCCCCCCCCCOC(=O)c1cccc2c1Cc1ccccc1O2. The van der Waals surface area contributed by atoms with Crippen LogP contribution in [0.1, 0.15) is 118 Å². The highest BCUT2D eigenvalue weighted by Gasteiger charge is 2.22. The molecule has 0 saturated carbocycles. The van der Waals surface area contributed by atoms with Crippen LogP contribution in [0.5, 0.6) is 11.5 Å². The molecule has 2 aromatic rings. The molecule has 1 heterocycles. The summed E-state index contributed by atoms with van der Waals surface area (Å²) >= 11 is 0. The molecule has 0 aliphatic carbocycles. The Balaban J connectivity index is 1.23. The fraction of sp³-hybridized carbons (Fsp3) is 0.567. The van der Waals surface area contributed by atoms with E-state index in [0.29, 0.717) is 18.6 Å². The molecule has 0 spiro atoms. The van der Waals surface area contributed by atoms with Gasteiger partial charge in [0.15, 0.2) is 0 Å². The second kappa shape index (κ2) is 14.8. The van der Waals surface area contributed by atoms with Gasteiger partial charge in [-0.15, -0.1) is 0 Å². The number of carbonyl (C=O) groups is 1. The zero-order chi connectivity index (χ0) is 23.1. The summed E-state index contributed by atoms with van der Waals surface area (Å²) < 4.78 is 11.6. The second-order valence-electron chi connectivity index (χ2n) is 9.40. The number of carbonyl (C=O) groups excluding carboxylic acids is 1. The maximum atomic E-state index is 12.7. The van der Waals surface area contributed by atoms with Crippen molar-refractivity contribution in [3.05, 3.63) is 59.2 Å². The zero-order valence-corrected chi connectivity index (χ0v) is 20.6. The van der Waals surface area contributed by atoms with Crippen molar-refractivity contribution in [1.82, 2.24) is 0 Å². The maximum absolute atomic E-state index is 12.7. The summed E-state index contributed by atoms with van der Waals surface area (Å²) in [5.41, 5.74) is 2.67. The van der Waals surface area contributed by atoms with Gasteiger partial charge in [0.2, 0.25) is 0 Å². The zero-order valence-electron chi connectivity index (χ0n) is 20.6. The lowest BCUT2D eigenvalue weighted by Gasteiger charge is -2.21. The number of para-hydroxylation sites is 1. The monoisotopic (exact) mass is 450 g/mol. The predicted molar refractivity (Wildman–Crippen MR) is 136 cm³/mol. The lowest BCUT2D eigenvalue weighted by molar-refractivity contribution is 0.0496. The maximum Gasteiger partial charge on any atom is 0.338 e. The quantitative estimate of drug-likeness (QED) is 0.161. The molecule has 0 unspecified atom stereocenters. The predicted octanol–water partition coefficient (Wildman–Crippen LogP) is 9.02. The van der Waals surface area contributed by atoms with Crippen LogP contribution in [0.3, 0.4) is 0 Å². The first-order valence-electron chi connectivity index (χ1n) is 13.3. The van der Waals surface area contributed by atoms with E-state index in [0.717, 1.165) is 35.5 Å². The van der Waals surface area contributed by atoms with E-state index in [-0.39, 0.29) is 5.97 Å². The first-order valence-corrected chi connectivity index (χ1v) is 13.3. The summed E-state index contributed by atoms with van der Waals surface area (Å²) in [4.78, 5) is 12.7. The van der Waals surface area contributed by atoms with E-state index in [4.69, 9.17) is 9.47 Å². The molecule has 3 rings (SSSR count). The van der Waals surface area contributed by atoms with E-state index in [9.17, 15) is 4.79 Å². The van der Waals surface area contributed by atoms with Crippen LogP contribution in [-0.2, 0) is 11.2 Å². The Labute approximate surface area is 200 Å². The van der Waals surface area contributed by atoms with Crippen molar-refractivity contribution < 1.29 is 14.3 Å². The topological polar surface area (TPSA) is 35.5 Å². The van der Waals surface area contributed by atoms with E-state index < -0.39 is 0 Å². The molecule has 0 atom stereocenters. The summed E-state index contributed by atoms with van der Waals surface area (Å²) in [6.45, 7) is 2.77. The van der Waals surface area contributed by atoms with Crippen LogP contribution in [0.25, 0.3) is 0 Å². The number of esters is 1. The van der Waals surface area contributed by atoms with Gasteiger partial charge in [-0.3, -0.25) is 0 Å². The second-order valence-corrected chi connectivity index (χ2v) is 9.40. The number of benzene rings is 2. The van der Waals surface area contributed by atoms with E-state index in [1.54, 1.807) is 0 Å². The van der Waals surface area contributed by atoms with Crippen LogP contribution in [0, 0.1) is 0 Å². The molecular formula is C30H42O3. The summed E-state index contributed by atoms with van der Waals surface area (Å²) in [6, 6.07) is 13.6. The number of ether oxygens (including phenoxy) is 2. The third-order valence-electron chi connectivity index (χ3n) is 6.64. The van der Waals surface area contributed by atoms with Crippen molar-refractivity contribution in [3.8, 4) is 11.5 Å². The highest BCUT2D eigenvalue weighted by Crippen LogP contribution is 2.38. The lowest BCUT2D eigenvalue weighted by Crippen LogP contribution is -2.13. The minimum Gasteiger partial charge on any atom is -0.462 e. The fourth-order valence-corrected chi connectivity index (χ4v) is 4.63. The Morgan fingerprint density at radius 3 is 1.97 bits per heavy atom. The largest absolute Gasteiger partial charge is 0.462 e. The van der Waals surface area contributed by atoms with Crippen molar-refractivity contribution in [1.29, 1.82) is 0 Å². The molecular weight excluding hydrogens is 408 g/mol. The molecule has 1 aliphatic heterocycles. The van der Waals surface area contributed by atoms with Crippen LogP contribution in [0.15, 0.2) is 42.5 Å². The van der Waals surface area contributed by atoms with Crippen LogP contribution >= 0.6 is 0 Å². The average molecular weight is 451 g/mol. The van der Waals surface area contributed by atoms with Gasteiger partial charge in [0.25, 0.3) is 0 Å². The molecule has 1 aliphatic rings. The third kappa shape index (κ3) is 8.53. The van der Waals surface area contributed by atoms with Crippen molar-refractivity contribution in [2.45, 2.75) is 103 Å². The van der Waals surface area contributed by atoms with Gasteiger partial charge < -0.3 is 9.47 Å². The van der Waals surface area contributed by atoms with Gasteiger partial charge in [0.1, 0.15) is 11.5 Å². The van der Waals surface area contributed by atoms with Crippen molar-refractivity contribution in [2.75, 3.05) is 6.61 Å². The van der Waals surface area contributed by atoms with Crippen molar-refractivity contribution in [2.24, 2.45) is 0 Å². The number of hydrogen-bond acceptors (Lipinski definition) is 3. The summed E-state index contributed by atoms with van der Waals surface area (Å²) in [5.74, 6) is 1.40. The molecule has 0 aromatic heterocycles. The Morgan fingerprint density at radius 2 is 1.30 bits per heavy atom. The summed E-state index contributed by atoms with van der Waals surface area (Å²) in [6.07, 6.45) is 19.2.